The number of nitrogens with two attached hydrogens (primary N) is 1. The lowest BCUT2D eigenvalue weighted by atomic mass is 9.89. The van der Waals surface area contributed by atoms with Gasteiger partial charge in [0, 0.05) is 18.5 Å². The number of amides is 2. The molecule has 0 aromatic carbocycles. The Balaban J connectivity index is 1.81. The number of rotatable bonds is 7. The Hall–Kier alpha value is -2.11. The lowest BCUT2D eigenvalue weighted by Crippen LogP contribution is -2.67. The largest absolute Gasteiger partial charge is 0.480 e. The van der Waals surface area contributed by atoms with E-state index in [2.05, 4.69) is 10.3 Å². The van der Waals surface area contributed by atoms with Crippen molar-refractivity contribution >= 4 is 51.6 Å². The zero-order valence-electron chi connectivity index (χ0n) is 16.7. The van der Waals surface area contributed by atoms with Crippen molar-refractivity contribution in [2.24, 2.45) is 5.41 Å². The summed E-state index contributed by atoms with van der Waals surface area (Å²) >= 11 is 2.43. The van der Waals surface area contributed by atoms with E-state index in [9.17, 15) is 19.5 Å². The van der Waals surface area contributed by atoms with E-state index in [1.807, 2.05) is 38.9 Å². The van der Waals surface area contributed by atoms with Crippen molar-refractivity contribution in [2.75, 3.05) is 32.9 Å². The zero-order chi connectivity index (χ0) is 21.5. The minimum Gasteiger partial charge on any atom is -0.480 e. The molecule has 0 radical (unpaired) electrons. The number of nitrogens with one attached hydrogen (secondary N) is 1. The third kappa shape index (κ3) is 4.57. The average Bonchev–Trinajstić information content (AvgIpc) is 3.20. The molecule has 3 heterocycles. The summed E-state index contributed by atoms with van der Waals surface area (Å²) in [5.41, 5.74) is 6.24. The lowest BCUT2D eigenvalue weighted by Gasteiger charge is -2.41. The Bertz CT molecular complexity index is 866. The summed E-state index contributed by atoms with van der Waals surface area (Å²) in [7, 11) is 3.90. The van der Waals surface area contributed by atoms with Gasteiger partial charge in [-0.1, -0.05) is 19.9 Å². The molecule has 2 amide bonds. The second-order valence-corrected chi connectivity index (χ2v) is 10.4. The molecule has 158 valence electrons. The highest BCUT2D eigenvalue weighted by atomic mass is 32.2. The van der Waals surface area contributed by atoms with Gasteiger partial charge in [0.15, 0.2) is 5.13 Å². The highest BCUT2D eigenvalue weighted by Gasteiger charge is 2.55. The van der Waals surface area contributed by atoms with Crippen molar-refractivity contribution in [3.63, 3.8) is 0 Å². The predicted molar refractivity (Wildman–Crippen MR) is 113 cm³/mol. The quantitative estimate of drug-likeness (QED) is 0.415. The van der Waals surface area contributed by atoms with Gasteiger partial charge in [-0.3, -0.25) is 14.4 Å². The summed E-state index contributed by atoms with van der Waals surface area (Å²) in [5.74, 6) is -1.63. The maximum atomic E-state index is 13.1. The van der Waals surface area contributed by atoms with Crippen LogP contribution in [0.5, 0.6) is 0 Å². The monoisotopic (exact) mass is 439 g/mol. The second kappa shape index (κ2) is 7.96. The standard InChI is InChI=1S/C18H25N5O4S2/c1-18(2,8-22(3)4)5-9(10-7-28-17(19)20-10)13(24)21-12-14(25)23-6-11(16(26)27)29-15(12)23/h5,7,11-12,15H,6,8H2,1-4H3,(H2,19,20)(H,21,24)(H,26,27)/t11?,12?,15-/m1/s1. The molecule has 11 heteroatoms. The van der Waals surface area contributed by atoms with E-state index in [1.54, 1.807) is 5.38 Å². The lowest BCUT2D eigenvalue weighted by molar-refractivity contribution is -0.147. The molecule has 2 aliphatic rings. The Morgan fingerprint density at radius 3 is 2.72 bits per heavy atom. The summed E-state index contributed by atoms with van der Waals surface area (Å²) < 4.78 is 0. The molecule has 1 aromatic heterocycles. The minimum absolute atomic E-state index is 0.164. The number of carbonyl (C=O) groups excluding carboxylic acids is 2. The Morgan fingerprint density at radius 1 is 1.48 bits per heavy atom. The molecule has 2 unspecified atom stereocenters. The number of nitrogen functional groups attached to an aromatic ring is 1. The predicted octanol–water partition coefficient (Wildman–Crippen LogP) is 0.550. The topological polar surface area (TPSA) is 129 Å². The molecule has 2 aliphatic heterocycles. The maximum absolute atomic E-state index is 13.1. The van der Waals surface area contributed by atoms with Gasteiger partial charge in [-0.2, -0.15) is 0 Å². The van der Waals surface area contributed by atoms with Crippen molar-refractivity contribution in [1.82, 2.24) is 20.1 Å². The van der Waals surface area contributed by atoms with E-state index in [0.717, 1.165) is 0 Å². The van der Waals surface area contributed by atoms with Crippen LogP contribution in [0.25, 0.3) is 5.57 Å². The van der Waals surface area contributed by atoms with E-state index < -0.39 is 23.2 Å². The van der Waals surface area contributed by atoms with Crippen LogP contribution in [0.4, 0.5) is 5.13 Å². The van der Waals surface area contributed by atoms with Crippen LogP contribution in [0.2, 0.25) is 0 Å². The number of β-lactam (4-membered cyclic amide) rings is 1. The summed E-state index contributed by atoms with van der Waals surface area (Å²) in [6.45, 7) is 4.89. The van der Waals surface area contributed by atoms with Crippen molar-refractivity contribution in [1.29, 1.82) is 0 Å². The van der Waals surface area contributed by atoms with Crippen molar-refractivity contribution < 1.29 is 19.5 Å². The van der Waals surface area contributed by atoms with Crippen molar-refractivity contribution in [3.8, 4) is 0 Å². The van der Waals surface area contributed by atoms with Crippen LogP contribution in [-0.2, 0) is 14.4 Å². The number of fused-ring (bicyclic) bond motifs is 1. The SMILES string of the molecule is CN(C)CC(C)(C)C=C(C(=O)NC1C(=O)N2CC(C(=O)O)S[C@H]12)c1csc(N)n1. The summed E-state index contributed by atoms with van der Waals surface area (Å²) in [4.78, 5) is 44.5. The molecule has 2 saturated heterocycles. The number of anilines is 1. The van der Waals surface area contributed by atoms with Gasteiger partial charge in [0.05, 0.1) is 11.3 Å². The molecule has 3 rings (SSSR count). The molecule has 2 fully saturated rings. The smallest absolute Gasteiger partial charge is 0.318 e. The van der Waals surface area contributed by atoms with Gasteiger partial charge in [0.1, 0.15) is 16.7 Å². The first kappa shape index (κ1) is 21.6. The maximum Gasteiger partial charge on any atom is 0.318 e. The Morgan fingerprint density at radius 2 is 2.17 bits per heavy atom. The van der Waals surface area contributed by atoms with Crippen LogP contribution >= 0.6 is 23.1 Å². The fraction of sp³-hybridized carbons (Fsp3) is 0.556. The molecule has 1 aromatic rings. The van der Waals surface area contributed by atoms with Crippen LogP contribution in [-0.4, -0.2) is 81.5 Å². The highest BCUT2D eigenvalue weighted by molar-refractivity contribution is 8.01. The van der Waals surface area contributed by atoms with E-state index in [4.69, 9.17) is 5.73 Å². The number of carboxylic acids is 1. The van der Waals surface area contributed by atoms with Gasteiger partial charge in [-0.25, -0.2) is 4.98 Å². The molecule has 9 nitrogen and oxygen atoms in total. The van der Waals surface area contributed by atoms with Crippen molar-refractivity contribution in [3.05, 3.63) is 17.2 Å². The number of hydrogen-bond acceptors (Lipinski definition) is 8. The van der Waals surface area contributed by atoms with E-state index in [-0.39, 0.29) is 23.2 Å². The number of thiazole rings is 1. The third-order valence-electron chi connectivity index (χ3n) is 4.67. The number of thioether (sulfide) groups is 1. The van der Waals surface area contributed by atoms with Crippen LogP contribution in [0.1, 0.15) is 19.5 Å². The molecule has 0 saturated carbocycles. The van der Waals surface area contributed by atoms with Crippen molar-refractivity contribution in [2.45, 2.75) is 30.5 Å². The number of hydrogen-bond donors (Lipinski definition) is 3. The third-order valence-corrected chi connectivity index (χ3v) is 6.83. The highest BCUT2D eigenvalue weighted by Crippen LogP contribution is 2.40. The first-order valence-electron chi connectivity index (χ1n) is 9.07. The van der Waals surface area contributed by atoms with Gasteiger partial charge in [0.2, 0.25) is 5.91 Å². The van der Waals surface area contributed by atoms with Gasteiger partial charge in [0.25, 0.3) is 5.91 Å². The number of carbonyl (C=O) groups is 3. The fourth-order valence-corrected chi connectivity index (χ4v) is 5.61. The molecule has 4 N–H and O–H groups in total. The van der Waals surface area contributed by atoms with E-state index in [0.29, 0.717) is 22.9 Å². The first-order valence-corrected chi connectivity index (χ1v) is 10.9. The molecular weight excluding hydrogens is 414 g/mol. The van der Waals surface area contributed by atoms with E-state index in [1.165, 1.54) is 28.0 Å². The summed E-state index contributed by atoms with van der Waals surface area (Å²) in [6.07, 6.45) is 1.85. The Labute approximate surface area is 177 Å². The second-order valence-electron chi connectivity index (χ2n) is 8.15. The average molecular weight is 440 g/mol. The summed E-state index contributed by atoms with van der Waals surface area (Å²) in [5, 5.41) is 13.0. The molecule has 0 aliphatic carbocycles. The molecule has 0 spiro atoms. The zero-order valence-corrected chi connectivity index (χ0v) is 18.3. The number of aliphatic carboxylic acids is 1. The van der Waals surface area contributed by atoms with Crippen LogP contribution in [0.3, 0.4) is 0 Å². The van der Waals surface area contributed by atoms with Crippen LogP contribution in [0, 0.1) is 5.41 Å². The van der Waals surface area contributed by atoms with E-state index >= 15 is 0 Å². The minimum atomic E-state index is -0.953. The number of nitrogens with zero attached hydrogens (tertiary/aromatic N) is 3. The molecule has 0 bridgehead atoms. The normalized spacial score (nSPS) is 24.4. The van der Waals surface area contributed by atoms with Crippen LogP contribution < -0.4 is 11.1 Å². The summed E-state index contributed by atoms with van der Waals surface area (Å²) in [6, 6.07) is -0.742. The molecular formula is C18H25N5O4S2. The first-order chi connectivity index (χ1) is 13.5. The fourth-order valence-electron chi connectivity index (χ4n) is 3.67. The number of carboxylic acid groups (broad SMARTS) is 1. The van der Waals surface area contributed by atoms with Crippen LogP contribution in [0.15, 0.2) is 11.5 Å². The Kier molecular flexibility index (Phi) is 5.93. The number of aromatic nitrogens is 1. The molecule has 3 atom stereocenters. The van der Waals surface area contributed by atoms with Gasteiger partial charge >= 0.3 is 5.97 Å². The molecule has 29 heavy (non-hydrogen) atoms. The van der Waals surface area contributed by atoms with Gasteiger partial charge in [-0.15, -0.1) is 23.1 Å². The van der Waals surface area contributed by atoms with Gasteiger partial charge < -0.3 is 26.0 Å². The van der Waals surface area contributed by atoms with Gasteiger partial charge in [-0.05, 0) is 19.5 Å².